The van der Waals surface area contributed by atoms with Crippen LogP contribution in [0.15, 0.2) is 36.5 Å². The van der Waals surface area contributed by atoms with Gasteiger partial charge in [0.2, 0.25) is 0 Å². The van der Waals surface area contributed by atoms with E-state index in [4.69, 9.17) is 18.9 Å². The van der Waals surface area contributed by atoms with E-state index in [0.29, 0.717) is 12.8 Å². The molecule has 1 fully saturated rings. The Bertz CT molecular complexity index is 1060. The first-order valence-corrected chi connectivity index (χ1v) is 21.5. The molecule has 6 unspecified atom stereocenters. The lowest BCUT2D eigenvalue weighted by atomic mass is 9.99. The molecule has 0 aliphatic carbocycles. The van der Waals surface area contributed by atoms with Gasteiger partial charge in [0, 0.05) is 12.8 Å². The zero-order valence-corrected chi connectivity index (χ0v) is 34.2. The van der Waals surface area contributed by atoms with E-state index >= 15 is 0 Å². The van der Waals surface area contributed by atoms with Gasteiger partial charge in [-0.1, -0.05) is 153 Å². The van der Waals surface area contributed by atoms with Gasteiger partial charge >= 0.3 is 17.9 Å². The molecule has 0 radical (unpaired) electrons. The fraction of sp³-hybridized carbons (Fsp3) is 0.795. The van der Waals surface area contributed by atoms with E-state index in [1.165, 1.54) is 64.2 Å². The summed E-state index contributed by atoms with van der Waals surface area (Å²) in [6.07, 6.45) is 29.1. The van der Waals surface area contributed by atoms with E-state index in [-0.39, 0.29) is 19.4 Å². The molecule has 4 N–H and O–H groups in total. The molecule has 11 heteroatoms. The van der Waals surface area contributed by atoms with Crippen molar-refractivity contribution in [2.24, 2.45) is 0 Å². The Morgan fingerprint density at radius 3 is 1.62 bits per heavy atom. The van der Waals surface area contributed by atoms with Crippen LogP contribution < -0.4 is 0 Å². The van der Waals surface area contributed by atoms with Gasteiger partial charge in [0.15, 0.2) is 18.5 Å². The number of aliphatic hydroxyl groups excluding tert-OH is 3. The van der Waals surface area contributed by atoms with Crippen LogP contribution >= 0.6 is 0 Å². The van der Waals surface area contributed by atoms with E-state index in [1.807, 2.05) is 0 Å². The molecule has 0 amide bonds. The highest BCUT2D eigenvalue weighted by atomic mass is 16.7. The molecule has 0 aromatic rings. The number of ether oxygens (including phenoxy) is 4. The lowest BCUT2D eigenvalue weighted by Gasteiger charge is -2.38. The molecule has 1 saturated heterocycles. The first kappa shape index (κ1) is 50.4. The molecule has 11 nitrogen and oxygen atoms in total. The third-order valence-electron chi connectivity index (χ3n) is 9.75. The Morgan fingerprint density at radius 2 is 1.07 bits per heavy atom. The fourth-order valence-electron chi connectivity index (χ4n) is 6.36. The molecule has 0 saturated carbocycles. The highest BCUT2D eigenvalue weighted by Gasteiger charge is 2.47. The van der Waals surface area contributed by atoms with Crippen LogP contribution in [0.25, 0.3) is 0 Å². The molecular weight excluding hydrogens is 704 g/mol. The number of carbonyl (C=O) groups excluding carboxylic acids is 2. The van der Waals surface area contributed by atoms with E-state index in [1.54, 1.807) is 0 Å². The minimum absolute atomic E-state index is 0.181. The summed E-state index contributed by atoms with van der Waals surface area (Å²) in [6, 6.07) is 0. The standard InChI is InChI=1S/C44H76O11/c1-3-5-7-9-11-13-15-17-19-21-22-24-26-28-30-32-37(45)52-34-36(35-53-44-41(49)39(47)40(48)42(55-44)43(50)51)54-38(46)33-31-29-27-25-23-20-18-16-14-12-10-8-6-4-2/h5,7,11,13,17,19,36,39-42,44,47-49H,3-4,6,8-10,12,14-16,18,20-35H2,1-2H3,(H,50,51)/b7-5-,13-11-,19-17-. The Labute approximate surface area is 331 Å². The summed E-state index contributed by atoms with van der Waals surface area (Å²) in [5, 5.41) is 39.7. The van der Waals surface area contributed by atoms with Crippen molar-refractivity contribution in [3.05, 3.63) is 36.5 Å². The summed E-state index contributed by atoms with van der Waals surface area (Å²) in [4.78, 5) is 36.7. The van der Waals surface area contributed by atoms with E-state index in [9.17, 15) is 34.8 Å². The third-order valence-corrected chi connectivity index (χ3v) is 9.75. The van der Waals surface area contributed by atoms with Crippen molar-refractivity contribution in [1.82, 2.24) is 0 Å². The van der Waals surface area contributed by atoms with Crippen molar-refractivity contribution in [3.8, 4) is 0 Å². The van der Waals surface area contributed by atoms with Crippen LogP contribution in [0, 0.1) is 0 Å². The summed E-state index contributed by atoms with van der Waals surface area (Å²) in [6.45, 7) is 3.68. The predicted octanol–water partition coefficient (Wildman–Crippen LogP) is 8.81. The second-order valence-corrected chi connectivity index (χ2v) is 14.8. The summed E-state index contributed by atoms with van der Waals surface area (Å²) in [5.41, 5.74) is 0. The molecule has 55 heavy (non-hydrogen) atoms. The van der Waals surface area contributed by atoms with Crippen LogP contribution in [0.3, 0.4) is 0 Å². The first-order chi connectivity index (χ1) is 26.7. The molecule has 6 atom stereocenters. The van der Waals surface area contributed by atoms with Gasteiger partial charge < -0.3 is 39.4 Å². The SMILES string of the molecule is CC/C=C\C/C=C\C/C=C\CCCCCCCC(=O)OCC(COC1OC(C(=O)O)C(O)C(O)C1O)OC(=O)CCCCCCCCCCCCCCCC. The van der Waals surface area contributed by atoms with Crippen molar-refractivity contribution in [1.29, 1.82) is 0 Å². The molecule has 0 bridgehead atoms. The largest absolute Gasteiger partial charge is 0.479 e. The van der Waals surface area contributed by atoms with E-state index < -0.39 is 61.3 Å². The minimum atomic E-state index is -1.86. The van der Waals surface area contributed by atoms with Gasteiger partial charge in [-0.3, -0.25) is 9.59 Å². The van der Waals surface area contributed by atoms with Crippen LogP contribution in [0.4, 0.5) is 0 Å². The Hall–Kier alpha value is -2.57. The van der Waals surface area contributed by atoms with Gasteiger partial charge in [-0.15, -0.1) is 0 Å². The lowest BCUT2D eigenvalue weighted by molar-refractivity contribution is -0.298. The fourth-order valence-corrected chi connectivity index (χ4v) is 6.36. The van der Waals surface area contributed by atoms with Crippen molar-refractivity contribution in [2.45, 2.75) is 211 Å². The lowest BCUT2D eigenvalue weighted by Crippen LogP contribution is -2.60. The van der Waals surface area contributed by atoms with E-state index in [2.05, 4.69) is 50.3 Å². The number of aliphatic carboxylic acids is 1. The van der Waals surface area contributed by atoms with Crippen LogP contribution in [-0.4, -0.2) is 88.4 Å². The molecule has 1 aliphatic rings. The average molecular weight is 781 g/mol. The number of hydrogen-bond acceptors (Lipinski definition) is 10. The predicted molar refractivity (Wildman–Crippen MR) is 215 cm³/mol. The molecule has 1 heterocycles. The van der Waals surface area contributed by atoms with Crippen molar-refractivity contribution in [2.75, 3.05) is 13.2 Å². The van der Waals surface area contributed by atoms with Gasteiger partial charge in [-0.05, 0) is 44.9 Å². The van der Waals surface area contributed by atoms with Crippen LogP contribution in [0.2, 0.25) is 0 Å². The van der Waals surface area contributed by atoms with Crippen molar-refractivity contribution >= 4 is 17.9 Å². The average Bonchev–Trinajstić information content (AvgIpc) is 3.17. The maximum absolute atomic E-state index is 12.7. The molecule has 318 valence electrons. The van der Waals surface area contributed by atoms with Gasteiger partial charge in [0.1, 0.15) is 24.9 Å². The highest BCUT2D eigenvalue weighted by molar-refractivity contribution is 5.73. The highest BCUT2D eigenvalue weighted by Crippen LogP contribution is 2.23. The second kappa shape index (κ2) is 34.7. The van der Waals surface area contributed by atoms with Crippen LogP contribution in [0.1, 0.15) is 174 Å². The number of aliphatic hydroxyl groups is 3. The maximum atomic E-state index is 12.7. The third kappa shape index (κ3) is 26.8. The van der Waals surface area contributed by atoms with E-state index in [0.717, 1.165) is 70.6 Å². The van der Waals surface area contributed by atoms with Gasteiger partial charge in [0.25, 0.3) is 0 Å². The van der Waals surface area contributed by atoms with Crippen LogP contribution in [-0.2, 0) is 33.3 Å². The second-order valence-electron chi connectivity index (χ2n) is 14.8. The number of unbranched alkanes of at least 4 members (excludes halogenated alkanes) is 18. The van der Waals surface area contributed by atoms with Gasteiger partial charge in [0.05, 0.1) is 6.61 Å². The zero-order chi connectivity index (χ0) is 40.4. The smallest absolute Gasteiger partial charge is 0.335 e. The Morgan fingerprint density at radius 1 is 0.582 bits per heavy atom. The molecule has 0 spiro atoms. The van der Waals surface area contributed by atoms with Gasteiger partial charge in [-0.2, -0.15) is 0 Å². The molecule has 1 rings (SSSR count). The van der Waals surface area contributed by atoms with Crippen molar-refractivity contribution in [3.63, 3.8) is 0 Å². The number of carbonyl (C=O) groups is 3. The summed E-state index contributed by atoms with van der Waals surface area (Å²) < 4.78 is 21.7. The summed E-state index contributed by atoms with van der Waals surface area (Å²) in [5.74, 6) is -2.46. The minimum Gasteiger partial charge on any atom is -0.479 e. The summed E-state index contributed by atoms with van der Waals surface area (Å²) >= 11 is 0. The Balaban J connectivity index is 2.40. The maximum Gasteiger partial charge on any atom is 0.335 e. The number of carboxylic acid groups (broad SMARTS) is 1. The number of carboxylic acids is 1. The molecular formula is C44H76O11. The number of allylic oxidation sites excluding steroid dienone is 6. The van der Waals surface area contributed by atoms with Crippen molar-refractivity contribution < 1.29 is 53.8 Å². The Kier molecular flexibility index (Phi) is 31.8. The molecule has 1 aliphatic heterocycles. The molecule has 0 aromatic carbocycles. The normalized spacial score (nSPS) is 20.8. The number of esters is 2. The summed E-state index contributed by atoms with van der Waals surface area (Å²) in [7, 11) is 0. The zero-order valence-electron chi connectivity index (χ0n) is 34.2. The quantitative estimate of drug-likeness (QED) is 0.0275. The molecule has 0 aromatic heterocycles. The monoisotopic (exact) mass is 781 g/mol. The topological polar surface area (TPSA) is 169 Å². The number of rotatable bonds is 35. The number of hydrogen-bond donors (Lipinski definition) is 4. The first-order valence-electron chi connectivity index (χ1n) is 21.5. The van der Waals surface area contributed by atoms with Crippen LogP contribution in [0.5, 0.6) is 0 Å². The van der Waals surface area contributed by atoms with Gasteiger partial charge in [-0.25, -0.2) is 4.79 Å².